The highest BCUT2D eigenvalue weighted by Gasteiger charge is 2.15. The van der Waals surface area contributed by atoms with Crippen LogP contribution in [0.2, 0.25) is 0 Å². The highest BCUT2D eigenvalue weighted by Crippen LogP contribution is 2.14. The predicted molar refractivity (Wildman–Crippen MR) is 57.4 cm³/mol. The summed E-state index contributed by atoms with van der Waals surface area (Å²) in [5.41, 5.74) is 1.22. The summed E-state index contributed by atoms with van der Waals surface area (Å²) in [6, 6.07) is 2.34. The summed E-state index contributed by atoms with van der Waals surface area (Å²) in [6.07, 6.45) is 9.49. The fourth-order valence-electron chi connectivity index (χ4n) is 2.04. The molecule has 0 aliphatic carbocycles. The van der Waals surface area contributed by atoms with E-state index in [1.165, 1.54) is 5.56 Å². The van der Waals surface area contributed by atoms with Crippen LogP contribution in [0.5, 0.6) is 0 Å². The molecule has 1 aromatic heterocycles. The number of hydrogen-bond donors (Lipinski definition) is 1. The first kappa shape index (κ1) is 10.3. The molecule has 82 valence electrons. The minimum Gasteiger partial charge on any atom is -0.472 e. The maximum absolute atomic E-state index is 11.3. The highest BCUT2D eigenvalue weighted by molar-refractivity contribution is 5.76. The lowest BCUT2D eigenvalue weighted by molar-refractivity contribution is -0.121. The van der Waals surface area contributed by atoms with Crippen LogP contribution in [0.1, 0.15) is 37.7 Å². The van der Waals surface area contributed by atoms with Crippen LogP contribution in [0.15, 0.2) is 23.0 Å². The van der Waals surface area contributed by atoms with Crippen molar-refractivity contribution in [1.29, 1.82) is 0 Å². The Balaban J connectivity index is 1.80. The fourth-order valence-corrected chi connectivity index (χ4v) is 2.04. The first-order valence-electron chi connectivity index (χ1n) is 5.65. The van der Waals surface area contributed by atoms with Gasteiger partial charge < -0.3 is 9.73 Å². The summed E-state index contributed by atoms with van der Waals surface area (Å²) < 4.78 is 5.01. The van der Waals surface area contributed by atoms with Crippen LogP contribution in [0.4, 0.5) is 0 Å². The zero-order chi connectivity index (χ0) is 10.5. The van der Waals surface area contributed by atoms with Gasteiger partial charge in [-0.1, -0.05) is 6.42 Å². The van der Waals surface area contributed by atoms with Crippen molar-refractivity contribution >= 4 is 5.91 Å². The van der Waals surface area contributed by atoms with E-state index in [0.717, 1.165) is 32.1 Å². The first-order chi connectivity index (χ1) is 7.34. The Morgan fingerprint density at radius 1 is 1.47 bits per heavy atom. The molecule has 1 N–H and O–H groups in total. The van der Waals surface area contributed by atoms with Crippen LogP contribution in [-0.2, 0) is 11.2 Å². The molecule has 0 saturated carbocycles. The number of carbonyl (C=O) groups excluding carboxylic acids is 1. The van der Waals surface area contributed by atoms with E-state index in [1.54, 1.807) is 12.5 Å². The van der Waals surface area contributed by atoms with E-state index < -0.39 is 0 Å². The lowest BCUT2D eigenvalue weighted by atomic mass is 10.0. The summed E-state index contributed by atoms with van der Waals surface area (Å²) in [6.45, 7) is 0. The lowest BCUT2D eigenvalue weighted by Gasteiger charge is -2.14. The molecule has 1 saturated heterocycles. The van der Waals surface area contributed by atoms with Crippen molar-refractivity contribution in [2.45, 2.75) is 44.6 Å². The minimum absolute atomic E-state index is 0.213. The molecule has 1 atom stereocenters. The molecular formula is C12H17NO2. The number of furan rings is 1. The third-order valence-electron chi connectivity index (χ3n) is 2.93. The van der Waals surface area contributed by atoms with Gasteiger partial charge in [0, 0.05) is 12.5 Å². The summed E-state index contributed by atoms with van der Waals surface area (Å²) in [5, 5.41) is 3.07. The molecule has 0 bridgehead atoms. The Morgan fingerprint density at radius 3 is 3.20 bits per heavy atom. The molecule has 2 rings (SSSR count). The zero-order valence-electron chi connectivity index (χ0n) is 8.87. The molecule has 1 aliphatic rings. The monoisotopic (exact) mass is 207 g/mol. The molecule has 1 amide bonds. The van der Waals surface area contributed by atoms with E-state index in [0.29, 0.717) is 12.5 Å². The Bertz CT molecular complexity index is 305. The van der Waals surface area contributed by atoms with Crippen LogP contribution in [0.3, 0.4) is 0 Å². The number of aryl methyl sites for hydroxylation is 1. The predicted octanol–water partition coefficient (Wildman–Crippen LogP) is 2.27. The Morgan fingerprint density at radius 2 is 2.40 bits per heavy atom. The highest BCUT2D eigenvalue weighted by atomic mass is 16.3. The second-order valence-corrected chi connectivity index (χ2v) is 4.18. The van der Waals surface area contributed by atoms with Gasteiger partial charge in [-0.15, -0.1) is 0 Å². The van der Waals surface area contributed by atoms with Crippen molar-refractivity contribution < 1.29 is 9.21 Å². The smallest absolute Gasteiger partial charge is 0.220 e. The van der Waals surface area contributed by atoms with Gasteiger partial charge in [-0.2, -0.15) is 0 Å². The molecule has 1 aromatic rings. The van der Waals surface area contributed by atoms with Crippen molar-refractivity contribution in [2.75, 3.05) is 0 Å². The van der Waals surface area contributed by atoms with Gasteiger partial charge in [-0.25, -0.2) is 0 Å². The third-order valence-corrected chi connectivity index (χ3v) is 2.93. The topological polar surface area (TPSA) is 42.2 Å². The van der Waals surface area contributed by atoms with E-state index in [9.17, 15) is 4.79 Å². The third kappa shape index (κ3) is 3.11. The molecule has 0 radical (unpaired) electrons. The van der Waals surface area contributed by atoms with Crippen LogP contribution in [0, 0.1) is 0 Å². The molecule has 3 heteroatoms. The number of carbonyl (C=O) groups is 1. The Kier molecular flexibility index (Phi) is 3.43. The van der Waals surface area contributed by atoms with E-state index in [2.05, 4.69) is 5.32 Å². The van der Waals surface area contributed by atoms with Gasteiger partial charge in [0.05, 0.1) is 12.5 Å². The SMILES string of the molecule is O=C1CCCCC(CCc2ccoc2)N1. The standard InChI is InChI=1S/C12H17NO2/c14-12-4-2-1-3-11(13-12)6-5-10-7-8-15-9-10/h7-9,11H,1-6H2,(H,13,14). The molecule has 2 heterocycles. The van der Waals surface area contributed by atoms with Gasteiger partial charge >= 0.3 is 0 Å². The molecule has 3 nitrogen and oxygen atoms in total. The Labute approximate surface area is 89.9 Å². The number of nitrogens with one attached hydrogen (secondary N) is 1. The van der Waals surface area contributed by atoms with E-state index >= 15 is 0 Å². The quantitative estimate of drug-likeness (QED) is 0.826. The summed E-state index contributed by atoms with van der Waals surface area (Å²) in [4.78, 5) is 11.3. The number of rotatable bonds is 3. The van der Waals surface area contributed by atoms with Crippen molar-refractivity contribution in [3.8, 4) is 0 Å². The second kappa shape index (κ2) is 5.01. The van der Waals surface area contributed by atoms with E-state index in [1.807, 2.05) is 6.07 Å². The van der Waals surface area contributed by atoms with Crippen molar-refractivity contribution in [3.05, 3.63) is 24.2 Å². The molecule has 0 spiro atoms. The fraction of sp³-hybridized carbons (Fsp3) is 0.583. The van der Waals surface area contributed by atoms with Crippen LogP contribution in [0.25, 0.3) is 0 Å². The molecule has 1 fully saturated rings. The normalized spacial score (nSPS) is 22.1. The van der Waals surface area contributed by atoms with Gasteiger partial charge in [-0.05, 0) is 37.3 Å². The zero-order valence-corrected chi connectivity index (χ0v) is 8.87. The Hall–Kier alpha value is -1.25. The maximum Gasteiger partial charge on any atom is 0.220 e. The van der Waals surface area contributed by atoms with Crippen molar-refractivity contribution in [1.82, 2.24) is 5.32 Å². The minimum atomic E-state index is 0.213. The van der Waals surface area contributed by atoms with Gasteiger partial charge in [0.2, 0.25) is 5.91 Å². The number of amides is 1. The summed E-state index contributed by atoms with van der Waals surface area (Å²) in [5.74, 6) is 0.213. The van der Waals surface area contributed by atoms with Crippen molar-refractivity contribution in [3.63, 3.8) is 0 Å². The van der Waals surface area contributed by atoms with E-state index in [-0.39, 0.29) is 5.91 Å². The van der Waals surface area contributed by atoms with Gasteiger partial charge in [-0.3, -0.25) is 4.79 Å². The molecule has 15 heavy (non-hydrogen) atoms. The molecular weight excluding hydrogens is 190 g/mol. The lowest BCUT2D eigenvalue weighted by Crippen LogP contribution is -2.33. The van der Waals surface area contributed by atoms with Crippen LogP contribution < -0.4 is 5.32 Å². The first-order valence-corrected chi connectivity index (χ1v) is 5.65. The summed E-state index contributed by atoms with van der Waals surface area (Å²) >= 11 is 0. The van der Waals surface area contributed by atoms with E-state index in [4.69, 9.17) is 4.42 Å². The molecule has 1 unspecified atom stereocenters. The van der Waals surface area contributed by atoms with Gasteiger partial charge in [0.15, 0.2) is 0 Å². The van der Waals surface area contributed by atoms with Gasteiger partial charge in [0.25, 0.3) is 0 Å². The van der Waals surface area contributed by atoms with Crippen LogP contribution >= 0.6 is 0 Å². The second-order valence-electron chi connectivity index (χ2n) is 4.18. The maximum atomic E-state index is 11.3. The number of hydrogen-bond acceptors (Lipinski definition) is 2. The summed E-state index contributed by atoms with van der Waals surface area (Å²) in [7, 11) is 0. The average Bonchev–Trinajstić information content (AvgIpc) is 2.65. The van der Waals surface area contributed by atoms with Crippen molar-refractivity contribution in [2.24, 2.45) is 0 Å². The largest absolute Gasteiger partial charge is 0.472 e. The van der Waals surface area contributed by atoms with Gasteiger partial charge in [0.1, 0.15) is 0 Å². The van der Waals surface area contributed by atoms with Crippen LogP contribution in [-0.4, -0.2) is 11.9 Å². The molecule has 0 aromatic carbocycles. The average molecular weight is 207 g/mol. The molecule has 1 aliphatic heterocycles.